The number of ether oxygens (including phenoxy) is 1. The van der Waals surface area contributed by atoms with Crippen LogP contribution in [0.25, 0.3) is 0 Å². The summed E-state index contributed by atoms with van der Waals surface area (Å²) >= 11 is 0. The van der Waals surface area contributed by atoms with Gasteiger partial charge in [-0.25, -0.2) is 9.97 Å². The molecule has 2 aliphatic rings. The number of hydrogen-bond donors (Lipinski definition) is 1. The standard InChI is InChI=1S/C14H21N3O/c1-13(2)9-4-5-14(13,3)10(6-9)18-12-7-11(15)16-8-17-12/h7-10H,4-6H2,1-3H3,(H2,15,16,17). The molecule has 0 spiro atoms. The summed E-state index contributed by atoms with van der Waals surface area (Å²) in [4.78, 5) is 8.05. The van der Waals surface area contributed by atoms with Crippen molar-refractivity contribution in [1.29, 1.82) is 0 Å². The summed E-state index contributed by atoms with van der Waals surface area (Å²) in [6.45, 7) is 7.11. The van der Waals surface area contributed by atoms with E-state index in [4.69, 9.17) is 10.5 Å². The van der Waals surface area contributed by atoms with Crippen molar-refractivity contribution in [2.75, 3.05) is 5.73 Å². The normalized spacial score (nSPS) is 36.8. The Kier molecular flexibility index (Phi) is 2.34. The molecule has 0 aromatic carbocycles. The molecule has 2 bridgehead atoms. The molecule has 4 nitrogen and oxygen atoms in total. The van der Waals surface area contributed by atoms with Gasteiger partial charge in [-0.2, -0.15) is 0 Å². The van der Waals surface area contributed by atoms with Crippen LogP contribution in [0.2, 0.25) is 0 Å². The molecule has 0 saturated heterocycles. The van der Waals surface area contributed by atoms with Gasteiger partial charge in [0.05, 0.1) is 0 Å². The first-order valence-corrected chi connectivity index (χ1v) is 6.68. The molecule has 1 aromatic heterocycles. The van der Waals surface area contributed by atoms with Crippen molar-refractivity contribution in [2.45, 2.75) is 46.1 Å². The third kappa shape index (κ3) is 1.44. The van der Waals surface area contributed by atoms with Crippen LogP contribution in [0.4, 0.5) is 5.82 Å². The third-order valence-electron chi connectivity index (χ3n) is 5.64. The van der Waals surface area contributed by atoms with Crippen LogP contribution < -0.4 is 10.5 Å². The van der Waals surface area contributed by atoms with Gasteiger partial charge in [-0.05, 0) is 30.6 Å². The van der Waals surface area contributed by atoms with Crippen molar-refractivity contribution < 1.29 is 4.74 Å². The second kappa shape index (κ2) is 3.59. The molecular formula is C14H21N3O. The highest BCUT2D eigenvalue weighted by Gasteiger charge is 2.62. The Morgan fingerprint density at radius 2 is 2.11 bits per heavy atom. The minimum atomic E-state index is 0.247. The van der Waals surface area contributed by atoms with E-state index in [2.05, 4.69) is 30.7 Å². The van der Waals surface area contributed by atoms with Gasteiger partial charge < -0.3 is 10.5 Å². The van der Waals surface area contributed by atoms with Crippen molar-refractivity contribution in [3.8, 4) is 5.88 Å². The maximum atomic E-state index is 6.10. The SMILES string of the molecule is CC1(C)C2CCC1(C)C(Oc1cc(N)ncn1)C2. The summed E-state index contributed by atoms with van der Waals surface area (Å²) in [5.74, 6) is 1.84. The molecule has 3 atom stereocenters. The van der Waals surface area contributed by atoms with E-state index in [1.807, 2.05) is 0 Å². The minimum absolute atomic E-state index is 0.247. The fraction of sp³-hybridized carbons (Fsp3) is 0.714. The van der Waals surface area contributed by atoms with Crippen molar-refractivity contribution >= 4 is 5.82 Å². The third-order valence-corrected chi connectivity index (χ3v) is 5.64. The predicted octanol–water partition coefficient (Wildman–Crippen LogP) is 2.65. The summed E-state index contributed by atoms with van der Waals surface area (Å²) < 4.78 is 6.10. The monoisotopic (exact) mass is 247 g/mol. The molecule has 18 heavy (non-hydrogen) atoms. The molecule has 2 fully saturated rings. The number of aromatic nitrogens is 2. The molecule has 3 rings (SSSR count). The van der Waals surface area contributed by atoms with Gasteiger partial charge in [0.15, 0.2) is 0 Å². The topological polar surface area (TPSA) is 61.0 Å². The van der Waals surface area contributed by atoms with Crippen molar-refractivity contribution in [3.05, 3.63) is 12.4 Å². The highest BCUT2D eigenvalue weighted by Crippen LogP contribution is 2.66. The van der Waals surface area contributed by atoms with E-state index in [0.717, 1.165) is 12.3 Å². The summed E-state index contributed by atoms with van der Waals surface area (Å²) in [6.07, 6.45) is 5.42. The van der Waals surface area contributed by atoms with E-state index in [1.54, 1.807) is 6.07 Å². The van der Waals surface area contributed by atoms with E-state index < -0.39 is 0 Å². The molecule has 2 aliphatic carbocycles. The average molecular weight is 247 g/mol. The largest absolute Gasteiger partial charge is 0.474 e. The Labute approximate surface area is 108 Å². The minimum Gasteiger partial charge on any atom is -0.474 e. The average Bonchev–Trinajstić information content (AvgIpc) is 2.62. The van der Waals surface area contributed by atoms with Crippen LogP contribution in [0, 0.1) is 16.7 Å². The number of hydrogen-bond acceptors (Lipinski definition) is 4. The molecule has 1 heterocycles. The first-order valence-electron chi connectivity index (χ1n) is 6.68. The van der Waals surface area contributed by atoms with E-state index in [1.165, 1.54) is 19.2 Å². The van der Waals surface area contributed by atoms with Gasteiger partial charge in [0.25, 0.3) is 0 Å². The van der Waals surface area contributed by atoms with Crippen molar-refractivity contribution in [3.63, 3.8) is 0 Å². The van der Waals surface area contributed by atoms with Gasteiger partial charge in [-0.3, -0.25) is 0 Å². The van der Waals surface area contributed by atoms with E-state index in [9.17, 15) is 0 Å². The van der Waals surface area contributed by atoms with Gasteiger partial charge in [0.1, 0.15) is 18.2 Å². The smallest absolute Gasteiger partial charge is 0.218 e. The molecular weight excluding hydrogens is 226 g/mol. The molecule has 4 heteroatoms. The Morgan fingerprint density at radius 3 is 2.67 bits per heavy atom. The molecule has 0 amide bonds. The fourth-order valence-corrected chi connectivity index (χ4v) is 3.87. The zero-order valence-corrected chi connectivity index (χ0v) is 11.3. The summed E-state index contributed by atoms with van der Waals surface area (Å²) in [5, 5.41) is 0. The Balaban J connectivity index is 1.84. The van der Waals surface area contributed by atoms with Gasteiger partial charge >= 0.3 is 0 Å². The Bertz CT molecular complexity index is 474. The quantitative estimate of drug-likeness (QED) is 0.872. The van der Waals surface area contributed by atoms with Crippen LogP contribution in [-0.4, -0.2) is 16.1 Å². The van der Waals surface area contributed by atoms with Crippen LogP contribution in [0.1, 0.15) is 40.0 Å². The number of anilines is 1. The highest BCUT2D eigenvalue weighted by molar-refractivity contribution is 5.31. The molecule has 2 saturated carbocycles. The fourth-order valence-electron chi connectivity index (χ4n) is 3.87. The summed E-state index contributed by atoms with van der Waals surface area (Å²) in [5.41, 5.74) is 6.27. The molecule has 3 unspecified atom stereocenters. The van der Waals surface area contributed by atoms with E-state index >= 15 is 0 Å². The van der Waals surface area contributed by atoms with Gasteiger partial charge in [0, 0.05) is 11.5 Å². The first kappa shape index (κ1) is 11.8. The van der Waals surface area contributed by atoms with Crippen LogP contribution in [0.5, 0.6) is 5.88 Å². The number of nitrogen functional groups attached to an aromatic ring is 1. The lowest BCUT2D eigenvalue weighted by molar-refractivity contribution is 0.0273. The second-order valence-corrected chi connectivity index (χ2v) is 6.50. The van der Waals surface area contributed by atoms with Crippen molar-refractivity contribution in [1.82, 2.24) is 9.97 Å². The zero-order chi connectivity index (χ0) is 13.0. The number of rotatable bonds is 2. The zero-order valence-electron chi connectivity index (χ0n) is 11.3. The lowest BCUT2D eigenvalue weighted by Crippen LogP contribution is -2.39. The number of nitrogens with zero attached hydrogens (tertiary/aromatic N) is 2. The maximum absolute atomic E-state index is 6.10. The Morgan fingerprint density at radius 1 is 1.33 bits per heavy atom. The van der Waals surface area contributed by atoms with Crippen LogP contribution in [-0.2, 0) is 0 Å². The molecule has 0 radical (unpaired) electrons. The molecule has 98 valence electrons. The van der Waals surface area contributed by atoms with Crippen LogP contribution in [0.15, 0.2) is 12.4 Å². The lowest BCUT2D eigenvalue weighted by Gasteiger charge is -2.38. The summed E-state index contributed by atoms with van der Waals surface area (Å²) in [6, 6.07) is 1.71. The van der Waals surface area contributed by atoms with Gasteiger partial charge in [0.2, 0.25) is 5.88 Å². The van der Waals surface area contributed by atoms with Crippen LogP contribution in [0.3, 0.4) is 0 Å². The van der Waals surface area contributed by atoms with Gasteiger partial charge in [-0.15, -0.1) is 0 Å². The van der Waals surface area contributed by atoms with Crippen molar-refractivity contribution in [2.24, 2.45) is 16.7 Å². The second-order valence-electron chi connectivity index (χ2n) is 6.50. The predicted molar refractivity (Wildman–Crippen MR) is 70.1 cm³/mol. The lowest BCUT2D eigenvalue weighted by atomic mass is 9.70. The number of fused-ring (bicyclic) bond motifs is 2. The van der Waals surface area contributed by atoms with Gasteiger partial charge in [-0.1, -0.05) is 20.8 Å². The molecule has 2 N–H and O–H groups in total. The molecule has 1 aromatic rings. The number of nitrogens with two attached hydrogens (primary N) is 1. The van der Waals surface area contributed by atoms with E-state index in [-0.39, 0.29) is 11.5 Å². The molecule has 0 aliphatic heterocycles. The Hall–Kier alpha value is -1.32. The summed E-state index contributed by atoms with van der Waals surface area (Å²) in [7, 11) is 0. The first-order chi connectivity index (χ1) is 8.43. The maximum Gasteiger partial charge on any atom is 0.218 e. The van der Waals surface area contributed by atoms with Crippen LogP contribution >= 0.6 is 0 Å². The highest BCUT2D eigenvalue weighted by atomic mass is 16.5. The van der Waals surface area contributed by atoms with E-state index in [0.29, 0.717) is 17.1 Å².